The van der Waals surface area contributed by atoms with Gasteiger partial charge in [-0.1, -0.05) is 37.3 Å². The van der Waals surface area contributed by atoms with Crippen molar-refractivity contribution in [1.29, 1.82) is 0 Å². The summed E-state index contributed by atoms with van der Waals surface area (Å²) in [5, 5.41) is 5.82. The molecule has 7 nitrogen and oxygen atoms in total. The molecule has 0 bridgehead atoms. The summed E-state index contributed by atoms with van der Waals surface area (Å²) in [6.07, 6.45) is 0.834. The Morgan fingerprint density at radius 1 is 1.06 bits per heavy atom. The van der Waals surface area contributed by atoms with E-state index in [0.29, 0.717) is 17.9 Å². The maximum atomic E-state index is 13.4. The molecular formula is C24H31N4O3+. The number of hydrogen-bond acceptors (Lipinski definition) is 3. The summed E-state index contributed by atoms with van der Waals surface area (Å²) >= 11 is 0. The number of carbonyl (C=O) groups is 3. The van der Waals surface area contributed by atoms with Gasteiger partial charge in [0.2, 0.25) is 5.91 Å². The topological polar surface area (TPSA) is 82.9 Å². The molecule has 31 heavy (non-hydrogen) atoms. The van der Waals surface area contributed by atoms with E-state index in [0.717, 1.165) is 22.6 Å². The van der Waals surface area contributed by atoms with Gasteiger partial charge in [-0.05, 0) is 51.0 Å². The number of hydrogen-bond donors (Lipinski definition) is 3. The molecule has 0 saturated heterocycles. The predicted molar refractivity (Wildman–Crippen MR) is 122 cm³/mol. The Balaban J connectivity index is 1.76. The van der Waals surface area contributed by atoms with Gasteiger partial charge in [0.15, 0.2) is 13.1 Å². The van der Waals surface area contributed by atoms with Crippen LogP contribution in [0.2, 0.25) is 0 Å². The number of rotatable bonds is 7. The molecular weight excluding hydrogens is 392 g/mol. The Morgan fingerprint density at radius 2 is 1.74 bits per heavy atom. The van der Waals surface area contributed by atoms with Crippen LogP contribution in [0, 0.1) is 6.92 Å². The van der Waals surface area contributed by atoms with E-state index in [1.165, 1.54) is 0 Å². The Labute approximate surface area is 183 Å². The van der Waals surface area contributed by atoms with E-state index in [2.05, 4.69) is 10.6 Å². The lowest BCUT2D eigenvalue weighted by molar-refractivity contribution is -0.883. The van der Waals surface area contributed by atoms with Crippen molar-refractivity contribution < 1.29 is 19.3 Å². The number of amides is 3. The van der Waals surface area contributed by atoms with E-state index in [4.69, 9.17) is 0 Å². The maximum Gasteiger partial charge on any atom is 0.283 e. The average Bonchev–Trinajstić information content (AvgIpc) is 2.70. The first kappa shape index (κ1) is 22.5. The number of aryl methyl sites for hydroxylation is 1. The summed E-state index contributed by atoms with van der Waals surface area (Å²) in [6, 6.07) is 14.9. The fraction of sp³-hybridized carbons (Fsp3) is 0.375. The largest absolute Gasteiger partial charge is 0.322 e. The molecule has 1 unspecified atom stereocenters. The molecule has 1 aliphatic rings. The van der Waals surface area contributed by atoms with Gasteiger partial charge in [-0.25, -0.2) is 0 Å². The first-order valence-electron chi connectivity index (χ1n) is 10.7. The number of carbonyl (C=O) groups excluding carboxylic acids is 3. The summed E-state index contributed by atoms with van der Waals surface area (Å²) in [5.74, 6) is -0.546. The molecule has 164 valence electrons. The minimum Gasteiger partial charge on any atom is -0.322 e. The molecule has 0 aromatic heterocycles. The standard InChI is InChI=1S/C24H30N4O3/c1-5-14-27(15-21(29)25-18-11-7-6-10-17(18)2)16-22(30)28-20-13-9-8-12-19(20)26-23(31)24(28,3)4/h6-13H,5,14-16H2,1-4H3,(H,25,29)(H,26,31)/p+1. The molecule has 2 aromatic rings. The lowest BCUT2D eigenvalue weighted by atomic mass is 9.96. The second-order valence-corrected chi connectivity index (χ2v) is 8.48. The average molecular weight is 424 g/mol. The van der Waals surface area contributed by atoms with Crippen molar-refractivity contribution in [3.05, 3.63) is 54.1 Å². The van der Waals surface area contributed by atoms with Crippen LogP contribution in [0.4, 0.5) is 17.1 Å². The van der Waals surface area contributed by atoms with Crippen molar-refractivity contribution in [3.63, 3.8) is 0 Å². The molecule has 0 radical (unpaired) electrons. The summed E-state index contributed by atoms with van der Waals surface area (Å²) in [5.41, 5.74) is 2.04. The summed E-state index contributed by atoms with van der Waals surface area (Å²) in [6.45, 7) is 8.42. The first-order chi connectivity index (χ1) is 14.7. The van der Waals surface area contributed by atoms with Crippen molar-refractivity contribution in [2.75, 3.05) is 35.2 Å². The quantitative estimate of drug-likeness (QED) is 0.637. The number of para-hydroxylation sites is 3. The van der Waals surface area contributed by atoms with Gasteiger partial charge < -0.3 is 15.5 Å². The van der Waals surface area contributed by atoms with Crippen LogP contribution in [0.15, 0.2) is 48.5 Å². The molecule has 3 rings (SSSR count). The van der Waals surface area contributed by atoms with Crippen molar-refractivity contribution in [3.8, 4) is 0 Å². The SMILES string of the molecule is CCC[NH+](CC(=O)Nc1ccccc1C)CC(=O)N1c2ccccc2NC(=O)C1(C)C. The van der Waals surface area contributed by atoms with Crippen LogP contribution < -0.4 is 20.4 Å². The molecule has 0 spiro atoms. The fourth-order valence-electron chi connectivity index (χ4n) is 3.92. The zero-order valence-corrected chi connectivity index (χ0v) is 18.6. The zero-order chi connectivity index (χ0) is 22.6. The lowest BCUT2D eigenvalue weighted by Crippen LogP contribution is -3.14. The molecule has 1 atom stereocenters. The highest BCUT2D eigenvalue weighted by Crippen LogP contribution is 2.36. The minimum absolute atomic E-state index is 0.125. The Morgan fingerprint density at radius 3 is 2.45 bits per heavy atom. The molecule has 2 aromatic carbocycles. The van der Waals surface area contributed by atoms with Gasteiger partial charge in [0, 0.05) is 5.69 Å². The Hall–Kier alpha value is -3.19. The molecule has 1 heterocycles. The summed E-state index contributed by atoms with van der Waals surface area (Å²) in [7, 11) is 0. The smallest absolute Gasteiger partial charge is 0.283 e. The van der Waals surface area contributed by atoms with Crippen LogP contribution in [-0.2, 0) is 14.4 Å². The highest BCUT2D eigenvalue weighted by Gasteiger charge is 2.44. The lowest BCUT2D eigenvalue weighted by Gasteiger charge is -2.42. The number of fused-ring (bicyclic) bond motifs is 1. The Bertz CT molecular complexity index is 986. The van der Waals surface area contributed by atoms with Crippen LogP contribution in [0.1, 0.15) is 32.8 Å². The predicted octanol–water partition coefficient (Wildman–Crippen LogP) is 1.99. The number of quaternary nitrogens is 1. The molecule has 3 N–H and O–H groups in total. The van der Waals surface area contributed by atoms with Gasteiger partial charge in [-0.3, -0.25) is 19.3 Å². The third kappa shape index (κ3) is 4.94. The van der Waals surface area contributed by atoms with E-state index < -0.39 is 5.54 Å². The normalized spacial score (nSPS) is 15.6. The summed E-state index contributed by atoms with van der Waals surface area (Å²) < 4.78 is 0. The number of anilines is 3. The van der Waals surface area contributed by atoms with Crippen LogP contribution in [0.3, 0.4) is 0 Å². The fourth-order valence-corrected chi connectivity index (χ4v) is 3.92. The molecule has 1 aliphatic heterocycles. The van der Waals surface area contributed by atoms with E-state index in [1.807, 2.05) is 56.3 Å². The molecule has 0 fully saturated rings. The summed E-state index contributed by atoms with van der Waals surface area (Å²) in [4.78, 5) is 41.1. The third-order valence-corrected chi connectivity index (χ3v) is 5.59. The molecule has 0 aliphatic carbocycles. The van der Waals surface area contributed by atoms with Crippen LogP contribution >= 0.6 is 0 Å². The second-order valence-electron chi connectivity index (χ2n) is 8.48. The number of nitrogens with zero attached hydrogens (tertiary/aromatic N) is 1. The van der Waals surface area contributed by atoms with Crippen LogP contribution in [-0.4, -0.2) is 42.9 Å². The molecule has 0 saturated carbocycles. The van der Waals surface area contributed by atoms with Crippen molar-refractivity contribution in [2.24, 2.45) is 0 Å². The van der Waals surface area contributed by atoms with Crippen molar-refractivity contribution in [2.45, 2.75) is 39.7 Å². The van der Waals surface area contributed by atoms with Crippen molar-refractivity contribution in [1.82, 2.24) is 0 Å². The van der Waals surface area contributed by atoms with Gasteiger partial charge in [0.05, 0.1) is 17.9 Å². The van der Waals surface area contributed by atoms with Crippen LogP contribution in [0.25, 0.3) is 0 Å². The third-order valence-electron chi connectivity index (χ3n) is 5.59. The highest BCUT2D eigenvalue weighted by molar-refractivity contribution is 6.14. The highest BCUT2D eigenvalue weighted by atomic mass is 16.2. The number of nitrogens with one attached hydrogen (secondary N) is 3. The van der Waals surface area contributed by atoms with Gasteiger partial charge in [-0.2, -0.15) is 0 Å². The molecule has 7 heteroatoms. The van der Waals surface area contributed by atoms with Crippen molar-refractivity contribution >= 4 is 34.8 Å². The molecule has 3 amide bonds. The first-order valence-corrected chi connectivity index (χ1v) is 10.7. The minimum atomic E-state index is -1.02. The van der Waals surface area contributed by atoms with Gasteiger partial charge in [0.25, 0.3) is 11.8 Å². The van der Waals surface area contributed by atoms with Gasteiger partial charge in [0.1, 0.15) is 5.54 Å². The van der Waals surface area contributed by atoms with E-state index in [-0.39, 0.29) is 30.8 Å². The Kier molecular flexibility index (Phi) is 6.75. The second kappa shape index (κ2) is 9.31. The number of benzene rings is 2. The van der Waals surface area contributed by atoms with Gasteiger partial charge >= 0.3 is 0 Å². The van der Waals surface area contributed by atoms with Crippen LogP contribution in [0.5, 0.6) is 0 Å². The zero-order valence-electron chi connectivity index (χ0n) is 18.6. The van der Waals surface area contributed by atoms with Gasteiger partial charge in [-0.15, -0.1) is 0 Å². The van der Waals surface area contributed by atoms with E-state index >= 15 is 0 Å². The van der Waals surface area contributed by atoms with E-state index in [9.17, 15) is 14.4 Å². The maximum absolute atomic E-state index is 13.4. The van der Waals surface area contributed by atoms with E-state index in [1.54, 1.807) is 24.8 Å². The monoisotopic (exact) mass is 423 g/mol.